The summed E-state index contributed by atoms with van der Waals surface area (Å²) in [5, 5.41) is 5.81. The third-order valence-electron chi connectivity index (χ3n) is 8.83. The third-order valence-corrected chi connectivity index (χ3v) is 8.83. The lowest BCUT2D eigenvalue weighted by molar-refractivity contribution is 0.0601. The molecule has 2 N–H and O–H groups in total. The van der Waals surface area contributed by atoms with Crippen molar-refractivity contribution in [3.8, 4) is 17.2 Å². The van der Waals surface area contributed by atoms with Crippen molar-refractivity contribution in [2.45, 2.75) is 18.9 Å². The molecule has 12 nitrogen and oxygen atoms in total. The van der Waals surface area contributed by atoms with Crippen LogP contribution in [0.4, 0.5) is 17.1 Å². The van der Waals surface area contributed by atoms with Gasteiger partial charge in [-0.15, -0.1) is 0 Å². The quantitative estimate of drug-likeness (QED) is 0.245. The number of amides is 2. The molecule has 0 unspecified atom stereocenters. The summed E-state index contributed by atoms with van der Waals surface area (Å²) in [5.74, 6) is -0.213. The number of nitrogens with zero attached hydrogens (tertiary/aromatic N) is 2. The van der Waals surface area contributed by atoms with Crippen LogP contribution in [0.1, 0.15) is 49.1 Å². The maximum atomic E-state index is 13.8. The summed E-state index contributed by atoms with van der Waals surface area (Å²) in [4.78, 5) is 54.5. The molecule has 1 aromatic heterocycles. The summed E-state index contributed by atoms with van der Waals surface area (Å²) >= 11 is 0. The van der Waals surface area contributed by atoms with Gasteiger partial charge in [0.15, 0.2) is 11.5 Å². The minimum Gasteiger partial charge on any atom is -0.493 e. The van der Waals surface area contributed by atoms with Crippen LogP contribution in [0.2, 0.25) is 0 Å². The Hall–Kier alpha value is -5.78. The van der Waals surface area contributed by atoms with Crippen molar-refractivity contribution in [1.82, 2.24) is 4.57 Å². The first-order valence-electron chi connectivity index (χ1n) is 15.4. The van der Waals surface area contributed by atoms with Gasteiger partial charge in [-0.1, -0.05) is 18.2 Å². The second kappa shape index (κ2) is 13.5. The van der Waals surface area contributed by atoms with Gasteiger partial charge in [-0.25, -0.2) is 4.79 Å². The van der Waals surface area contributed by atoms with Crippen LogP contribution in [0.25, 0.3) is 0 Å². The Labute approximate surface area is 277 Å². The van der Waals surface area contributed by atoms with Crippen molar-refractivity contribution in [2.75, 3.05) is 57.1 Å². The molecule has 6 rings (SSSR count). The fourth-order valence-electron chi connectivity index (χ4n) is 6.63. The van der Waals surface area contributed by atoms with Crippen molar-refractivity contribution < 1.29 is 33.3 Å². The lowest BCUT2D eigenvalue weighted by atomic mass is 9.83. The van der Waals surface area contributed by atoms with Crippen LogP contribution in [0.3, 0.4) is 0 Å². The maximum absolute atomic E-state index is 13.8. The Morgan fingerprint density at radius 2 is 1.44 bits per heavy atom. The Kier molecular flexibility index (Phi) is 9.06. The molecule has 0 saturated carbocycles. The highest BCUT2D eigenvalue weighted by Gasteiger charge is 2.35. The molecular formula is C36H36N4O8. The van der Waals surface area contributed by atoms with Crippen molar-refractivity contribution in [1.29, 1.82) is 0 Å². The average Bonchev–Trinajstić information content (AvgIpc) is 3.11. The van der Waals surface area contributed by atoms with E-state index < -0.39 is 17.8 Å². The Morgan fingerprint density at radius 1 is 0.729 bits per heavy atom. The van der Waals surface area contributed by atoms with Crippen molar-refractivity contribution in [3.63, 3.8) is 0 Å². The van der Waals surface area contributed by atoms with Crippen LogP contribution >= 0.6 is 0 Å². The standard InChI is InChI=1S/C36H36N4O8/c1-45-30-16-23(17-31(46-2)33(30)47-3)35(43)38-27-15-22(34(42)37-26-9-6-5-8-25(26)36(44)48-4)12-13-29(27)39-18-21-14-24(20-39)28-10-7-11-32(41)40(28)19-21/h5-13,15-17,21,24H,14,18-20H2,1-4H3,(H,37,42)(H,38,43)/t21-,24+/m1/s1. The van der Waals surface area contributed by atoms with Gasteiger partial charge in [0.1, 0.15) is 0 Å². The summed E-state index contributed by atoms with van der Waals surface area (Å²) in [7, 11) is 5.69. The number of nitrogens with one attached hydrogen (secondary N) is 2. The fourth-order valence-corrected chi connectivity index (χ4v) is 6.63. The minimum atomic E-state index is -0.584. The lowest BCUT2D eigenvalue weighted by Crippen LogP contribution is -2.47. The first-order chi connectivity index (χ1) is 23.2. The molecule has 1 saturated heterocycles. The molecule has 2 aliphatic heterocycles. The molecule has 0 aliphatic carbocycles. The number of hydrogen-bond acceptors (Lipinski definition) is 9. The van der Waals surface area contributed by atoms with Crippen LogP contribution in [0.15, 0.2) is 77.6 Å². The van der Waals surface area contributed by atoms with Crippen LogP contribution < -0.4 is 35.3 Å². The Bertz CT molecular complexity index is 1930. The highest BCUT2D eigenvalue weighted by atomic mass is 16.5. The van der Waals surface area contributed by atoms with E-state index >= 15 is 0 Å². The number of methoxy groups -OCH3 is 4. The molecule has 48 heavy (non-hydrogen) atoms. The SMILES string of the molecule is COC(=O)c1ccccc1NC(=O)c1ccc(N2C[C@H]3C[C@@H](C2)c2cccc(=O)n2C3)c(NC(=O)c2cc(OC)c(OC)c(OC)c2)c1. The molecule has 12 heteroatoms. The number of benzene rings is 3. The highest BCUT2D eigenvalue weighted by Crippen LogP contribution is 2.41. The molecule has 1 fully saturated rings. The van der Waals surface area contributed by atoms with E-state index in [1.54, 1.807) is 60.7 Å². The molecule has 248 valence electrons. The minimum absolute atomic E-state index is 0.00177. The van der Waals surface area contributed by atoms with E-state index in [1.165, 1.54) is 28.4 Å². The second-order valence-corrected chi connectivity index (χ2v) is 11.7. The van der Waals surface area contributed by atoms with Gasteiger partial charge in [-0.3, -0.25) is 14.4 Å². The summed E-state index contributed by atoms with van der Waals surface area (Å²) in [5.41, 5.74) is 3.13. The second-order valence-electron chi connectivity index (χ2n) is 11.7. The Morgan fingerprint density at radius 3 is 2.15 bits per heavy atom. The number of ether oxygens (including phenoxy) is 4. The molecule has 0 radical (unpaired) electrons. The molecule has 0 spiro atoms. The number of fused-ring (bicyclic) bond motifs is 4. The van der Waals surface area contributed by atoms with Crippen molar-refractivity contribution in [3.05, 3.63) is 106 Å². The molecule has 3 heterocycles. The number of esters is 1. The number of carbonyl (C=O) groups excluding carboxylic acids is 3. The van der Waals surface area contributed by atoms with E-state index in [9.17, 15) is 19.2 Å². The van der Waals surface area contributed by atoms with Crippen LogP contribution in [-0.4, -0.2) is 63.9 Å². The molecule has 2 atom stereocenters. The van der Waals surface area contributed by atoms with Crippen molar-refractivity contribution >= 4 is 34.8 Å². The number of rotatable bonds is 9. The van der Waals surface area contributed by atoms with Crippen LogP contribution in [0, 0.1) is 5.92 Å². The van der Waals surface area contributed by atoms with Crippen LogP contribution in [-0.2, 0) is 11.3 Å². The predicted octanol–water partition coefficient (Wildman–Crippen LogP) is 4.79. The number of pyridine rings is 1. The van der Waals surface area contributed by atoms with Gasteiger partial charge < -0.3 is 39.0 Å². The van der Waals surface area contributed by atoms with Crippen molar-refractivity contribution in [2.24, 2.45) is 5.92 Å². The number of hydrogen-bond donors (Lipinski definition) is 2. The normalized spacial score (nSPS) is 16.3. The zero-order valence-corrected chi connectivity index (χ0v) is 27.1. The number of para-hydroxylation sites is 1. The van der Waals surface area contributed by atoms with Gasteiger partial charge in [0.2, 0.25) is 5.75 Å². The third kappa shape index (κ3) is 6.16. The molecule has 4 aromatic rings. The largest absolute Gasteiger partial charge is 0.493 e. The average molecular weight is 653 g/mol. The fraction of sp³-hybridized carbons (Fsp3) is 0.278. The monoisotopic (exact) mass is 652 g/mol. The van der Waals surface area contributed by atoms with Crippen LogP contribution in [0.5, 0.6) is 17.2 Å². The van der Waals surface area contributed by atoms with Gasteiger partial charge in [-0.2, -0.15) is 0 Å². The predicted molar refractivity (Wildman–Crippen MR) is 180 cm³/mol. The summed E-state index contributed by atoms with van der Waals surface area (Å²) in [6.45, 7) is 1.88. The first-order valence-corrected chi connectivity index (χ1v) is 15.4. The molecule has 2 amide bonds. The molecule has 2 aliphatic rings. The van der Waals surface area contributed by atoms with Gasteiger partial charge >= 0.3 is 5.97 Å². The Balaban J connectivity index is 1.36. The van der Waals surface area contributed by atoms with E-state index in [0.717, 1.165) is 17.8 Å². The molecule has 3 aromatic carbocycles. The lowest BCUT2D eigenvalue weighted by Gasteiger charge is -2.44. The first kappa shape index (κ1) is 32.2. The number of aromatic nitrogens is 1. The van der Waals surface area contributed by atoms with E-state index in [1.807, 2.05) is 16.7 Å². The van der Waals surface area contributed by atoms with Gasteiger partial charge in [0.25, 0.3) is 17.4 Å². The molecule has 2 bridgehead atoms. The van der Waals surface area contributed by atoms with E-state index in [-0.39, 0.29) is 34.1 Å². The van der Waals surface area contributed by atoms with Gasteiger partial charge in [0.05, 0.1) is 51.1 Å². The van der Waals surface area contributed by atoms with Gasteiger partial charge in [0, 0.05) is 48.4 Å². The van der Waals surface area contributed by atoms with E-state index in [0.29, 0.717) is 48.3 Å². The maximum Gasteiger partial charge on any atom is 0.339 e. The number of carbonyl (C=O) groups is 3. The zero-order chi connectivity index (χ0) is 33.9. The summed E-state index contributed by atoms with van der Waals surface area (Å²) in [6, 6.07) is 20.2. The van der Waals surface area contributed by atoms with Gasteiger partial charge in [-0.05, 0) is 60.9 Å². The molecular weight excluding hydrogens is 616 g/mol. The highest BCUT2D eigenvalue weighted by molar-refractivity contribution is 6.11. The smallest absolute Gasteiger partial charge is 0.339 e. The zero-order valence-electron chi connectivity index (χ0n) is 27.1. The number of piperidine rings is 1. The number of anilines is 3. The summed E-state index contributed by atoms with van der Waals surface area (Å²) in [6.07, 6.45) is 0.952. The van der Waals surface area contributed by atoms with E-state index in [2.05, 4.69) is 15.5 Å². The topological polar surface area (TPSA) is 137 Å². The summed E-state index contributed by atoms with van der Waals surface area (Å²) < 4.78 is 23.1. The van der Waals surface area contributed by atoms with E-state index in [4.69, 9.17) is 18.9 Å².